The SMILES string of the molecule is CC(CCCC(=O)N1CCCC1)N(C)C1COC1.CN.O=CN1CCCC12CC2.c1ccccc1. The van der Waals surface area contributed by atoms with Gasteiger partial charge in [0.1, 0.15) is 0 Å². The molecule has 2 amide bonds. The first-order chi connectivity index (χ1) is 17.1. The molecule has 3 saturated heterocycles. The Balaban J connectivity index is 0.000000209. The third-order valence-electron chi connectivity index (χ3n) is 7.63. The molecule has 3 heterocycles. The fourth-order valence-electron chi connectivity index (χ4n) is 4.89. The molecule has 1 spiro atoms. The van der Waals surface area contributed by atoms with Crippen molar-refractivity contribution < 1.29 is 14.3 Å². The van der Waals surface area contributed by atoms with Crippen LogP contribution in [0.5, 0.6) is 0 Å². The van der Waals surface area contributed by atoms with Crippen LogP contribution >= 0.6 is 0 Å². The molecule has 5 rings (SSSR count). The number of nitrogens with two attached hydrogens (primary N) is 1. The summed E-state index contributed by atoms with van der Waals surface area (Å²) in [5.41, 5.74) is 4.88. The molecular formula is C28H48N4O3. The van der Waals surface area contributed by atoms with E-state index >= 15 is 0 Å². The molecule has 198 valence electrons. The first kappa shape index (κ1) is 29.3. The van der Waals surface area contributed by atoms with Crippen molar-refractivity contribution in [2.75, 3.05) is 46.9 Å². The van der Waals surface area contributed by atoms with Crippen LogP contribution in [0.15, 0.2) is 36.4 Å². The van der Waals surface area contributed by atoms with Gasteiger partial charge in [-0.3, -0.25) is 14.5 Å². The molecule has 1 aliphatic carbocycles. The fourth-order valence-corrected chi connectivity index (χ4v) is 4.89. The van der Waals surface area contributed by atoms with Crippen molar-refractivity contribution in [3.8, 4) is 0 Å². The lowest BCUT2D eigenvalue weighted by Crippen LogP contribution is -2.50. The fraction of sp³-hybridized carbons (Fsp3) is 0.714. The Labute approximate surface area is 213 Å². The topological polar surface area (TPSA) is 79.1 Å². The van der Waals surface area contributed by atoms with Gasteiger partial charge in [-0.05, 0) is 72.4 Å². The summed E-state index contributed by atoms with van der Waals surface area (Å²) in [5.74, 6) is 0.356. The van der Waals surface area contributed by atoms with E-state index in [9.17, 15) is 9.59 Å². The third kappa shape index (κ3) is 9.54. The number of hydrogen-bond donors (Lipinski definition) is 1. The number of hydrogen-bond acceptors (Lipinski definition) is 5. The highest BCUT2D eigenvalue weighted by Gasteiger charge is 2.50. The summed E-state index contributed by atoms with van der Waals surface area (Å²) in [6, 6.07) is 13.1. The number of nitrogens with zero attached hydrogens (tertiary/aromatic N) is 3. The number of carbonyl (C=O) groups excluding carboxylic acids is 2. The minimum atomic E-state index is 0.356. The molecule has 0 bridgehead atoms. The lowest BCUT2D eigenvalue weighted by molar-refractivity contribution is -0.130. The maximum absolute atomic E-state index is 11.9. The number of benzene rings is 1. The van der Waals surface area contributed by atoms with Gasteiger partial charge in [0.2, 0.25) is 12.3 Å². The summed E-state index contributed by atoms with van der Waals surface area (Å²) >= 11 is 0. The van der Waals surface area contributed by atoms with Gasteiger partial charge < -0.3 is 20.3 Å². The van der Waals surface area contributed by atoms with E-state index in [0.29, 0.717) is 23.5 Å². The van der Waals surface area contributed by atoms with E-state index in [0.717, 1.165) is 58.5 Å². The van der Waals surface area contributed by atoms with E-state index in [1.165, 1.54) is 45.6 Å². The Bertz CT molecular complexity index is 677. The van der Waals surface area contributed by atoms with Gasteiger partial charge in [0.15, 0.2) is 0 Å². The number of likely N-dealkylation sites (N-methyl/N-ethyl adjacent to an activating group) is 1. The van der Waals surface area contributed by atoms with Crippen LogP contribution in [0.2, 0.25) is 0 Å². The molecule has 1 aromatic carbocycles. The van der Waals surface area contributed by atoms with Crippen LogP contribution < -0.4 is 5.73 Å². The van der Waals surface area contributed by atoms with Crippen LogP contribution in [-0.4, -0.2) is 91.6 Å². The molecule has 7 nitrogen and oxygen atoms in total. The van der Waals surface area contributed by atoms with Crippen molar-refractivity contribution >= 4 is 12.3 Å². The van der Waals surface area contributed by atoms with E-state index in [1.54, 1.807) is 0 Å². The van der Waals surface area contributed by atoms with Crippen LogP contribution in [0.25, 0.3) is 0 Å². The number of ether oxygens (including phenoxy) is 1. The van der Waals surface area contributed by atoms with Crippen molar-refractivity contribution in [3.05, 3.63) is 36.4 Å². The van der Waals surface area contributed by atoms with Crippen LogP contribution in [0, 0.1) is 0 Å². The lowest BCUT2D eigenvalue weighted by atomic mass is 10.1. The van der Waals surface area contributed by atoms with Crippen molar-refractivity contribution in [2.45, 2.75) is 82.3 Å². The highest BCUT2D eigenvalue weighted by Crippen LogP contribution is 2.48. The second-order valence-electron chi connectivity index (χ2n) is 9.97. The molecule has 0 radical (unpaired) electrons. The molecule has 1 atom stereocenters. The predicted molar refractivity (Wildman–Crippen MR) is 142 cm³/mol. The number of amides is 2. The molecule has 1 aromatic rings. The van der Waals surface area contributed by atoms with Gasteiger partial charge in [-0.15, -0.1) is 0 Å². The Kier molecular flexibility index (Phi) is 13.3. The van der Waals surface area contributed by atoms with E-state index < -0.39 is 0 Å². The average molecular weight is 489 g/mol. The van der Waals surface area contributed by atoms with E-state index in [-0.39, 0.29) is 0 Å². The molecule has 4 fully saturated rings. The monoisotopic (exact) mass is 488 g/mol. The van der Waals surface area contributed by atoms with Gasteiger partial charge in [0.05, 0.1) is 19.3 Å². The maximum Gasteiger partial charge on any atom is 0.222 e. The Hall–Kier alpha value is -1.96. The second-order valence-corrected chi connectivity index (χ2v) is 9.97. The first-order valence-electron chi connectivity index (χ1n) is 13.4. The molecule has 2 N–H and O–H groups in total. The highest BCUT2D eigenvalue weighted by molar-refractivity contribution is 5.76. The quantitative estimate of drug-likeness (QED) is 0.594. The summed E-state index contributed by atoms with van der Waals surface area (Å²) in [6.45, 7) is 6.95. The van der Waals surface area contributed by atoms with Crippen molar-refractivity contribution in [2.24, 2.45) is 5.73 Å². The molecular weight excluding hydrogens is 440 g/mol. The van der Waals surface area contributed by atoms with Gasteiger partial charge >= 0.3 is 0 Å². The van der Waals surface area contributed by atoms with E-state index in [1.807, 2.05) is 46.2 Å². The molecule has 1 unspecified atom stereocenters. The molecule has 0 aromatic heterocycles. The van der Waals surface area contributed by atoms with Gasteiger partial charge in [-0.25, -0.2) is 0 Å². The summed E-state index contributed by atoms with van der Waals surface area (Å²) in [5, 5.41) is 0. The largest absolute Gasteiger partial charge is 0.378 e. The normalized spacial score (nSPS) is 20.5. The Morgan fingerprint density at radius 1 is 1.03 bits per heavy atom. The molecule has 7 heteroatoms. The predicted octanol–water partition coefficient (Wildman–Crippen LogP) is 3.53. The van der Waals surface area contributed by atoms with Gasteiger partial charge in [0.25, 0.3) is 0 Å². The smallest absolute Gasteiger partial charge is 0.222 e. The molecule has 1 saturated carbocycles. The van der Waals surface area contributed by atoms with E-state index in [4.69, 9.17) is 4.74 Å². The van der Waals surface area contributed by atoms with E-state index in [2.05, 4.69) is 24.6 Å². The van der Waals surface area contributed by atoms with Crippen LogP contribution in [0.1, 0.15) is 64.7 Å². The number of likely N-dealkylation sites (tertiary alicyclic amines) is 2. The van der Waals surface area contributed by atoms with Crippen molar-refractivity contribution in [1.82, 2.24) is 14.7 Å². The van der Waals surface area contributed by atoms with Gasteiger partial charge in [-0.1, -0.05) is 36.4 Å². The zero-order valence-corrected chi connectivity index (χ0v) is 22.2. The van der Waals surface area contributed by atoms with Crippen molar-refractivity contribution in [3.63, 3.8) is 0 Å². The van der Waals surface area contributed by atoms with Crippen LogP contribution in [0.3, 0.4) is 0 Å². The average Bonchev–Trinajstić information content (AvgIpc) is 3.25. The first-order valence-corrected chi connectivity index (χ1v) is 13.4. The zero-order chi connectivity index (χ0) is 25.5. The van der Waals surface area contributed by atoms with Crippen LogP contribution in [0.4, 0.5) is 0 Å². The third-order valence-corrected chi connectivity index (χ3v) is 7.63. The Morgan fingerprint density at radius 2 is 1.60 bits per heavy atom. The summed E-state index contributed by atoms with van der Waals surface area (Å²) < 4.78 is 5.21. The standard InChI is InChI=1S/C14H26N2O2.C7H11NO.C6H6.CH5N/c1-12(15(2)13-10-18-11-13)6-5-7-14(17)16-8-3-4-9-16;9-6-8-5-1-2-7(8)3-4-7;1-2-4-6-5-3-1;1-2/h12-13H,3-11H2,1-2H3;6H,1-5H2;1-6H;2H2,1H3. The number of carbonyl (C=O) groups is 2. The summed E-state index contributed by atoms with van der Waals surface area (Å²) in [7, 11) is 3.67. The minimum absolute atomic E-state index is 0.356. The highest BCUT2D eigenvalue weighted by atomic mass is 16.5. The lowest BCUT2D eigenvalue weighted by Gasteiger charge is -2.38. The maximum atomic E-state index is 11.9. The van der Waals surface area contributed by atoms with Gasteiger partial charge in [-0.2, -0.15) is 0 Å². The van der Waals surface area contributed by atoms with Crippen molar-refractivity contribution in [1.29, 1.82) is 0 Å². The molecule has 4 aliphatic rings. The zero-order valence-electron chi connectivity index (χ0n) is 22.2. The minimum Gasteiger partial charge on any atom is -0.378 e. The summed E-state index contributed by atoms with van der Waals surface area (Å²) in [4.78, 5) is 28.7. The Morgan fingerprint density at radius 3 is 2.03 bits per heavy atom. The van der Waals surface area contributed by atoms with Gasteiger partial charge in [0, 0.05) is 37.6 Å². The number of rotatable bonds is 7. The second kappa shape index (κ2) is 15.9. The van der Waals surface area contributed by atoms with Crippen LogP contribution in [-0.2, 0) is 14.3 Å². The molecule has 35 heavy (non-hydrogen) atoms. The summed E-state index contributed by atoms with van der Waals surface area (Å²) in [6.07, 6.45) is 11.2. The molecule has 3 aliphatic heterocycles.